The second-order valence-corrected chi connectivity index (χ2v) is 5.88. The Morgan fingerprint density at radius 2 is 2.15 bits per heavy atom. The lowest BCUT2D eigenvalue weighted by molar-refractivity contribution is -0.123. The largest absolute Gasteiger partial charge is 0.383 e. The minimum absolute atomic E-state index is 0.0150. The molecule has 1 aromatic carbocycles. The van der Waals surface area contributed by atoms with E-state index in [2.05, 4.69) is 26.6 Å². The molecule has 0 heterocycles. The number of hydrogen-bond acceptors (Lipinski definition) is 3. The van der Waals surface area contributed by atoms with Gasteiger partial charge in [0.1, 0.15) is 0 Å². The van der Waals surface area contributed by atoms with E-state index < -0.39 is 0 Å². The summed E-state index contributed by atoms with van der Waals surface area (Å²) in [5, 5.41) is 6.70. The van der Waals surface area contributed by atoms with Crippen molar-refractivity contribution in [1.82, 2.24) is 10.6 Å². The van der Waals surface area contributed by atoms with Crippen LogP contribution in [0, 0.1) is 0 Å². The van der Waals surface area contributed by atoms with Crippen molar-refractivity contribution in [2.45, 2.75) is 25.9 Å². The quantitative estimate of drug-likeness (QED) is 0.732. The van der Waals surface area contributed by atoms with Crippen LogP contribution in [0.2, 0.25) is 5.02 Å². The van der Waals surface area contributed by atoms with Gasteiger partial charge in [-0.1, -0.05) is 33.6 Å². The summed E-state index contributed by atoms with van der Waals surface area (Å²) in [4.78, 5) is 11.9. The van der Waals surface area contributed by atoms with Crippen molar-refractivity contribution < 1.29 is 9.53 Å². The zero-order valence-corrected chi connectivity index (χ0v) is 14.2. The van der Waals surface area contributed by atoms with Crippen LogP contribution >= 0.6 is 27.5 Å². The van der Waals surface area contributed by atoms with Crippen LogP contribution in [0.5, 0.6) is 0 Å². The standard InChI is InChI=1S/C14H20BrClN2O2/c1-9(12-5-4-11(15)8-13(12)16)18-10(2)14(19)17-6-7-20-3/h4-5,8-10,18H,6-7H2,1-3H3,(H,17,19). The maximum absolute atomic E-state index is 11.9. The molecule has 1 amide bonds. The van der Waals surface area contributed by atoms with Gasteiger partial charge in [-0.15, -0.1) is 0 Å². The van der Waals surface area contributed by atoms with Gasteiger partial charge in [0.05, 0.1) is 12.6 Å². The number of rotatable bonds is 7. The first-order valence-electron chi connectivity index (χ1n) is 6.43. The summed E-state index contributed by atoms with van der Waals surface area (Å²) in [6, 6.07) is 5.40. The summed E-state index contributed by atoms with van der Waals surface area (Å²) in [5.41, 5.74) is 0.964. The number of amides is 1. The number of hydrogen-bond donors (Lipinski definition) is 2. The number of carbonyl (C=O) groups excluding carboxylic acids is 1. The van der Waals surface area contributed by atoms with Gasteiger partial charge in [0.15, 0.2) is 0 Å². The lowest BCUT2D eigenvalue weighted by Crippen LogP contribution is -2.44. The SMILES string of the molecule is COCCNC(=O)C(C)NC(C)c1ccc(Br)cc1Cl. The molecule has 0 aromatic heterocycles. The molecule has 0 saturated carbocycles. The minimum atomic E-state index is -0.304. The van der Waals surface area contributed by atoms with Crippen LogP contribution < -0.4 is 10.6 Å². The number of ether oxygens (including phenoxy) is 1. The molecule has 2 atom stereocenters. The second-order valence-electron chi connectivity index (χ2n) is 4.56. The van der Waals surface area contributed by atoms with Gasteiger partial charge >= 0.3 is 0 Å². The van der Waals surface area contributed by atoms with Crippen molar-refractivity contribution in [1.29, 1.82) is 0 Å². The lowest BCUT2D eigenvalue weighted by Gasteiger charge is -2.21. The molecule has 6 heteroatoms. The average molecular weight is 364 g/mol. The van der Waals surface area contributed by atoms with Gasteiger partial charge in [-0.2, -0.15) is 0 Å². The average Bonchev–Trinajstić information content (AvgIpc) is 2.38. The van der Waals surface area contributed by atoms with Crippen LogP contribution in [0.3, 0.4) is 0 Å². The molecule has 112 valence electrons. The molecule has 0 spiro atoms. The summed E-state index contributed by atoms with van der Waals surface area (Å²) >= 11 is 9.58. The highest BCUT2D eigenvalue weighted by Gasteiger charge is 2.17. The van der Waals surface area contributed by atoms with Gasteiger partial charge < -0.3 is 10.1 Å². The molecule has 0 saturated heterocycles. The topological polar surface area (TPSA) is 50.4 Å². The van der Waals surface area contributed by atoms with Crippen molar-refractivity contribution in [3.05, 3.63) is 33.3 Å². The van der Waals surface area contributed by atoms with E-state index in [0.29, 0.717) is 18.2 Å². The molecule has 4 nitrogen and oxygen atoms in total. The summed E-state index contributed by atoms with van der Waals surface area (Å²) in [5.74, 6) is -0.0536. The van der Waals surface area contributed by atoms with E-state index in [1.807, 2.05) is 32.0 Å². The van der Waals surface area contributed by atoms with Gasteiger partial charge in [0.2, 0.25) is 5.91 Å². The normalized spacial score (nSPS) is 13.8. The highest BCUT2D eigenvalue weighted by atomic mass is 79.9. The van der Waals surface area contributed by atoms with Crippen LogP contribution in [-0.2, 0) is 9.53 Å². The van der Waals surface area contributed by atoms with Crippen molar-refractivity contribution in [2.24, 2.45) is 0 Å². The van der Waals surface area contributed by atoms with Crippen molar-refractivity contribution in [3.63, 3.8) is 0 Å². The third-order valence-corrected chi connectivity index (χ3v) is 3.75. The molecule has 1 aromatic rings. The molecule has 2 N–H and O–H groups in total. The molecular weight excluding hydrogens is 344 g/mol. The minimum Gasteiger partial charge on any atom is -0.383 e. The molecule has 20 heavy (non-hydrogen) atoms. The Labute approximate surface area is 133 Å². The number of benzene rings is 1. The lowest BCUT2D eigenvalue weighted by atomic mass is 10.1. The Balaban J connectivity index is 2.56. The van der Waals surface area contributed by atoms with E-state index in [0.717, 1.165) is 10.0 Å². The maximum Gasteiger partial charge on any atom is 0.236 e. The van der Waals surface area contributed by atoms with E-state index in [9.17, 15) is 4.79 Å². The van der Waals surface area contributed by atoms with Crippen LogP contribution in [0.1, 0.15) is 25.5 Å². The van der Waals surface area contributed by atoms with E-state index >= 15 is 0 Å². The molecular formula is C14H20BrClN2O2. The molecule has 1 rings (SSSR count). The zero-order valence-electron chi connectivity index (χ0n) is 11.9. The predicted molar refractivity (Wildman–Crippen MR) is 85.1 cm³/mol. The van der Waals surface area contributed by atoms with Gasteiger partial charge in [-0.05, 0) is 31.5 Å². The first-order chi connectivity index (χ1) is 9.45. The fraction of sp³-hybridized carbons (Fsp3) is 0.500. The van der Waals surface area contributed by atoms with E-state index in [1.54, 1.807) is 7.11 Å². The van der Waals surface area contributed by atoms with E-state index in [1.165, 1.54) is 0 Å². The molecule has 0 aliphatic carbocycles. The van der Waals surface area contributed by atoms with Crippen LogP contribution in [-0.4, -0.2) is 32.2 Å². The predicted octanol–water partition coefficient (Wildman–Crippen LogP) is 2.90. The van der Waals surface area contributed by atoms with Crippen LogP contribution in [0.15, 0.2) is 22.7 Å². The fourth-order valence-electron chi connectivity index (χ4n) is 1.82. The number of carbonyl (C=O) groups is 1. The summed E-state index contributed by atoms with van der Waals surface area (Å²) in [7, 11) is 1.60. The first kappa shape index (κ1) is 17.4. The monoisotopic (exact) mass is 362 g/mol. The summed E-state index contributed by atoms with van der Waals surface area (Å²) in [6.45, 7) is 4.82. The van der Waals surface area contributed by atoms with E-state index in [-0.39, 0.29) is 18.0 Å². The van der Waals surface area contributed by atoms with Crippen molar-refractivity contribution in [2.75, 3.05) is 20.3 Å². The number of nitrogens with one attached hydrogen (secondary N) is 2. The Kier molecular flexibility index (Phi) is 7.51. The van der Waals surface area contributed by atoms with Crippen LogP contribution in [0.4, 0.5) is 0 Å². The highest BCUT2D eigenvalue weighted by Crippen LogP contribution is 2.26. The second kappa shape index (κ2) is 8.62. The Morgan fingerprint density at radius 1 is 1.45 bits per heavy atom. The molecule has 2 unspecified atom stereocenters. The Hall–Kier alpha value is -0.620. The molecule has 0 aliphatic rings. The van der Waals surface area contributed by atoms with Crippen molar-refractivity contribution in [3.8, 4) is 0 Å². The number of halogens is 2. The smallest absolute Gasteiger partial charge is 0.236 e. The van der Waals surface area contributed by atoms with Crippen molar-refractivity contribution >= 4 is 33.4 Å². The van der Waals surface area contributed by atoms with Gasteiger partial charge in [-0.25, -0.2) is 0 Å². The van der Waals surface area contributed by atoms with Gasteiger partial charge in [0, 0.05) is 29.2 Å². The summed E-state index contributed by atoms with van der Waals surface area (Å²) in [6.07, 6.45) is 0. The highest BCUT2D eigenvalue weighted by molar-refractivity contribution is 9.10. The van der Waals surface area contributed by atoms with E-state index in [4.69, 9.17) is 16.3 Å². The van der Waals surface area contributed by atoms with Gasteiger partial charge in [0.25, 0.3) is 0 Å². The fourth-order valence-corrected chi connectivity index (χ4v) is 2.66. The third-order valence-electron chi connectivity index (χ3n) is 2.93. The zero-order chi connectivity index (χ0) is 15.1. The molecule has 0 bridgehead atoms. The Bertz CT molecular complexity index is 457. The summed E-state index contributed by atoms with van der Waals surface area (Å²) < 4.78 is 5.83. The molecule has 0 radical (unpaired) electrons. The molecule has 0 fully saturated rings. The first-order valence-corrected chi connectivity index (χ1v) is 7.60. The number of methoxy groups -OCH3 is 1. The van der Waals surface area contributed by atoms with Gasteiger partial charge in [-0.3, -0.25) is 10.1 Å². The van der Waals surface area contributed by atoms with Crippen LogP contribution in [0.25, 0.3) is 0 Å². The Morgan fingerprint density at radius 3 is 2.75 bits per heavy atom. The third kappa shape index (κ3) is 5.40. The molecule has 0 aliphatic heterocycles. The maximum atomic E-state index is 11.9.